The Kier molecular flexibility index (Phi) is 7.76. The topological polar surface area (TPSA) is 50.2 Å². The molecule has 0 amide bonds. The fourth-order valence-electron chi connectivity index (χ4n) is 1.51. The summed E-state index contributed by atoms with van der Waals surface area (Å²) in [5.74, 6) is -0.960. The number of allylic oxidation sites excluding steroid dienone is 1. The first-order chi connectivity index (χ1) is 10.2. The van der Waals surface area contributed by atoms with E-state index in [-0.39, 0.29) is 0 Å². The smallest absolute Gasteiger partial charge is 0.328 e. The van der Waals surface area contributed by atoms with Crippen molar-refractivity contribution in [3.05, 3.63) is 64.1 Å². The number of carboxylic acid groups (broad SMARTS) is 1. The van der Waals surface area contributed by atoms with Crippen LogP contribution in [0.1, 0.15) is 30.1 Å². The van der Waals surface area contributed by atoms with E-state index in [2.05, 4.69) is 11.1 Å². The van der Waals surface area contributed by atoms with Gasteiger partial charge in [0.05, 0.1) is 10.7 Å². The summed E-state index contributed by atoms with van der Waals surface area (Å²) in [7, 11) is 0. The minimum atomic E-state index is -0.960. The Bertz CT molecular complexity index is 600. The fraction of sp³-hybridized carbons (Fsp3) is 0.176. The van der Waals surface area contributed by atoms with Crippen LogP contribution in [0.15, 0.2) is 47.9 Å². The van der Waals surface area contributed by atoms with E-state index in [1.54, 1.807) is 0 Å². The Morgan fingerprint density at radius 1 is 1.24 bits per heavy atom. The maximum Gasteiger partial charge on any atom is 0.328 e. The number of nitrogens with zero attached hydrogens (tertiary/aromatic N) is 1. The molecule has 1 N–H and O–H groups in total. The molecule has 0 radical (unpaired) electrons. The van der Waals surface area contributed by atoms with Gasteiger partial charge in [-0.15, -0.1) is 11.3 Å². The summed E-state index contributed by atoms with van der Waals surface area (Å²) in [6.45, 7) is 4.00. The first-order valence-corrected chi connectivity index (χ1v) is 7.69. The second-order valence-corrected chi connectivity index (χ2v) is 4.80. The lowest BCUT2D eigenvalue weighted by molar-refractivity contribution is -0.131. The van der Waals surface area contributed by atoms with Crippen molar-refractivity contribution in [1.29, 1.82) is 0 Å². The van der Waals surface area contributed by atoms with Crippen molar-refractivity contribution in [3.63, 3.8) is 0 Å². The van der Waals surface area contributed by atoms with Gasteiger partial charge in [-0.05, 0) is 11.6 Å². The van der Waals surface area contributed by atoms with Crippen LogP contribution >= 0.6 is 11.3 Å². The fourth-order valence-corrected chi connectivity index (χ4v) is 2.25. The Morgan fingerprint density at radius 3 is 2.62 bits per heavy atom. The third-order valence-corrected chi connectivity index (χ3v) is 3.26. The molecule has 0 fully saturated rings. The van der Waals surface area contributed by atoms with E-state index in [0.717, 1.165) is 23.1 Å². The molecule has 21 heavy (non-hydrogen) atoms. The van der Waals surface area contributed by atoms with E-state index in [1.165, 1.54) is 17.4 Å². The van der Waals surface area contributed by atoms with Gasteiger partial charge in [0, 0.05) is 17.9 Å². The molecule has 110 valence electrons. The van der Waals surface area contributed by atoms with Crippen molar-refractivity contribution in [2.24, 2.45) is 0 Å². The van der Waals surface area contributed by atoms with Crippen molar-refractivity contribution < 1.29 is 9.90 Å². The molecule has 0 saturated carbocycles. The van der Waals surface area contributed by atoms with Crippen molar-refractivity contribution in [3.8, 4) is 0 Å². The van der Waals surface area contributed by atoms with Gasteiger partial charge in [0.1, 0.15) is 0 Å². The molecule has 0 unspecified atom stereocenters. The van der Waals surface area contributed by atoms with Crippen LogP contribution in [-0.4, -0.2) is 16.1 Å². The van der Waals surface area contributed by atoms with Gasteiger partial charge in [0.15, 0.2) is 0 Å². The Hall–Kier alpha value is -2.20. The minimum Gasteiger partial charge on any atom is -0.478 e. The van der Waals surface area contributed by atoms with Gasteiger partial charge in [0.25, 0.3) is 0 Å². The number of aliphatic carboxylic acids is 1. The van der Waals surface area contributed by atoms with E-state index in [9.17, 15) is 4.79 Å². The summed E-state index contributed by atoms with van der Waals surface area (Å²) in [5.41, 5.74) is 1.85. The highest BCUT2D eigenvalue weighted by Gasteiger charge is 1.98. The number of thiazole rings is 1. The van der Waals surface area contributed by atoms with Gasteiger partial charge in [0.2, 0.25) is 0 Å². The second-order valence-electron chi connectivity index (χ2n) is 3.85. The first kappa shape index (κ1) is 16.9. The van der Waals surface area contributed by atoms with Crippen LogP contribution in [0.4, 0.5) is 0 Å². The molecule has 0 bridgehead atoms. The molecular formula is C17H19NO2S. The predicted molar refractivity (Wildman–Crippen MR) is 89.3 cm³/mol. The lowest BCUT2D eigenvalue weighted by Crippen LogP contribution is -1.86. The van der Waals surface area contributed by atoms with Gasteiger partial charge in [-0.2, -0.15) is 0 Å². The highest BCUT2D eigenvalue weighted by Crippen LogP contribution is 2.13. The molecule has 1 aromatic carbocycles. The van der Waals surface area contributed by atoms with E-state index in [0.29, 0.717) is 5.69 Å². The monoisotopic (exact) mass is 301 g/mol. The summed E-state index contributed by atoms with van der Waals surface area (Å²) in [6.07, 6.45) is 7.45. The quantitative estimate of drug-likeness (QED) is 0.826. The maximum atomic E-state index is 10.4. The van der Waals surface area contributed by atoms with Crippen molar-refractivity contribution in [1.82, 2.24) is 4.98 Å². The van der Waals surface area contributed by atoms with Gasteiger partial charge in [-0.1, -0.05) is 56.3 Å². The first-order valence-electron chi connectivity index (χ1n) is 6.81. The molecule has 2 aromatic rings. The third kappa shape index (κ3) is 6.68. The lowest BCUT2D eigenvalue weighted by Gasteiger charge is -1.91. The largest absolute Gasteiger partial charge is 0.478 e. The molecule has 1 heterocycles. The standard InChI is InChI=1S/C15H13NO2S.C2H6/c17-15(18)10-9-13-11-19-14(16-13)8-4-7-12-5-2-1-3-6-12;1-2/h1-7,9-11H,8H2,(H,17,18);1-2H3/b7-4+,10-9+;. The van der Waals surface area contributed by atoms with Gasteiger partial charge in [-0.3, -0.25) is 0 Å². The Morgan fingerprint density at radius 2 is 1.95 bits per heavy atom. The Balaban J connectivity index is 0.00000106. The number of hydrogen-bond donors (Lipinski definition) is 1. The van der Waals surface area contributed by atoms with Crippen LogP contribution in [-0.2, 0) is 11.2 Å². The summed E-state index contributed by atoms with van der Waals surface area (Å²) in [5, 5.41) is 11.3. The zero-order valence-corrected chi connectivity index (χ0v) is 13.0. The number of carbonyl (C=O) groups is 1. The molecule has 0 aliphatic rings. The average Bonchev–Trinajstić information content (AvgIpc) is 2.96. The zero-order chi connectivity index (χ0) is 15.5. The summed E-state index contributed by atoms with van der Waals surface area (Å²) in [6, 6.07) is 10.1. The normalized spacial score (nSPS) is 10.6. The van der Waals surface area contributed by atoms with Crippen LogP contribution in [0, 0.1) is 0 Å². The second kappa shape index (κ2) is 9.66. The molecule has 3 nitrogen and oxygen atoms in total. The highest BCUT2D eigenvalue weighted by molar-refractivity contribution is 7.09. The molecule has 0 aliphatic carbocycles. The Labute approximate surface area is 129 Å². The SMILES string of the molecule is CC.O=C(O)/C=C/c1csc(C/C=C/c2ccccc2)n1. The van der Waals surface area contributed by atoms with Gasteiger partial charge >= 0.3 is 5.97 Å². The van der Waals surface area contributed by atoms with E-state index in [4.69, 9.17) is 5.11 Å². The molecule has 0 aliphatic heterocycles. The van der Waals surface area contributed by atoms with Crippen molar-refractivity contribution >= 4 is 29.5 Å². The van der Waals surface area contributed by atoms with Gasteiger partial charge in [-0.25, -0.2) is 9.78 Å². The zero-order valence-electron chi connectivity index (χ0n) is 12.2. The van der Waals surface area contributed by atoms with E-state index in [1.807, 2.05) is 55.6 Å². The average molecular weight is 301 g/mol. The molecule has 0 saturated heterocycles. The number of rotatable bonds is 5. The number of hydrogen-bond acceptors (Lipinski definition) is 3. The summed E-state index contributed by atoms with van der Waals surface area (Å²) >= 11 is 1.53. The minimum absolute atomic E-state index is 0.690. The molecule has 1 aromatic heterocycles. The van der Waals surface area contributed by atoms with Gasteiger partial charge < -0.3 is 5.11 Å². The van der Waals surface area contributed by atoms with Crippen LogP contribution in [0.25, 0.3) is 12.2 Å². The molecule has 0 atom stereocenters. The number of aromatic nitrogens is 1. The van der Waals surface area contributed by atoms with E-state index < -0.39 is 5.97 Å². The van der Waals surface area contributed by atoms with Crippen LogP contribution in [0.2, 0.25) is 0 Å². The third-order valence-electron chi connectivity index (χ3n) is 2.37. The molecule has 0 spiro atoms. The molecular weight excluding hydrogens is 282 g/mol. The summed E-state index contributed by atoms with van der Waals surface area (Å²) < 4.78 is 0. The molecule has 2 rings (SSSR count). The van der Waals surface area contributed by atoms with Crippen molar-refractivity contribution in [2.75, 3.05) is 0 Å². The predicted octanol–water partition coefficient (Wildman–Crippen LogP) is 4.52. The van der Waals surface area contributed by atoms with Crippen molar-refractivity contribution in [2.45, 2.75) is 20.3 Å². The number of carboxylic acids is 1. The van der Waals surface area contributed by atoms with Crippen LogP contribution in [0.3, 0.4) is 0 Å². The van der Waals surface area contributed by atoms with Crippen LogP contribution < -0.4 is 0 Å². The maximum absolute atomic E-state index is 10.4. The van der Waals surface area contributed by atoms with Crippen LogP contribution in [0.5, 0.6) is 0 Å². The molecule has 4 heteroatoms. The van der Waals surface area contributed by atoms with E-state index >= 15 is 0 Å². The number of benzene rings is 1. The highest BCUT2D eigenvalue weighted by atomic mass is 32.1. The summed E-state index contributed by atoms with van der Waals surface area (Å²) in [4.78, 5) is 14.7. The lowest BCUT2D eigenvalue weighted by atomic mass is 10.2.